The molecule has 8 nitrogen and oxygen atoms in total. The van der Waals surface area contributed by atoms with Crippen molar-refractivity contribution >= 4 is 11.9 Å². The summed E-state index contributed by atoms with van der Waals surface area (Å²) in [7, 11) is 3.49. The number of esters is 2. The summed E-state index contributed by atoms with van der Waals surface area (Å²) >= 11 is 0. The van der Waals surface area contributed by atoms with Crippen molar-refractivity contribution < 1.29 is 38.2 Å². The number of quaternary nitrogens is 1. The zero-order valence-corrected chi connectivity index (χ0v) is 16.1. The standard InChI is InChI=1S/C19H25NO7/c1-5-24-18(21)14(19(22)25-6-2)15-13-11(7-8-20(15)3)9-12-16(17(13)23-4)27-10-26-12/h9,14-15H,5-8,10H2,1-4H3/p+1/t15-/m1/s1. The molecule has 2 heterocycles. The molecule has 148 valence electrons. The summed E-state index contributed by atoms with van der Waals surface area (Å²) in [6.45, 7) is 4.66. The van der Waals surface area contributed by atoms with Crippen molar-refractivity contribution in [2.75, 3.05) is 40.7 Å². The topological polar surface area (TPSA) is 84.7 Å². The van der Waals surface area contributed by atoms with Crippen molar-refractivity contribution in [1.82, 2.24) is 0 Å². The van der Waals surface area contributed by atoms with Crippen molar-refractivity contribution in [3.8, 4) is 17.2 Å². The predicted octanol–water partition coefficient (Wildman–Crippen LogP) is 0.278. The van der Waals surface area contributed by atoms with Crippen molar-refractivity contribution in [2.45, 2.75) is 26.3 Å². The maximum Gasteiger partial charge on any atom is 0.326 e. The predicted molar refractivity (Wildman–Crippen MR) is 94.1 cm³/mol. The Morgan fingerprint density at radius 1 is 1.22 bits per heavy atom. The molecule has 2 atom stereocenters. The van der Waals surface area contributed by atoms with E-state index in [9.17, 15) is 9.59 Å². The second kappa shape index (κ2) is 8.04. The Hall–Kier alpha value is -2.48. The molecule has 0 spiro atoms. The van der Waals surface area contributed by atoms with Crippen LogP contribution in [0.3, 0.4) is 0 Å². The minimum atomic E-state index is -1.08. The van der Waals surface area contributed by atoms with Crippen LogP contribution >= 0.6 is 0 Å². The number of likely N-dealkylation sites (N-methyl/N-ethyl adjacent to an activating group) is 1. The van der Waals surface area contributed by atoms with Gasteiger partial charge in [0.05, 0.1) is 39.5 Å². The second-order valence-electron chi connectivity index (χ2n) is 6.52. The van der Waals surface area contributed by atoms with Crippen molar-refractivity contribution in [3.63, 3.8) is 0 Å². The van der Waals surface area contributed by atoms with E-state index in [0.29, 0.717) is 17.2 Å². The molecule has 1 N–H and O–H groups in total. The van der Waals surface area contributed by atoms with E-state index in [1.54, 1.807) is 21.0 Å². The Morgan fingerprint density at radius 2 is 1.89 bits per heavy atom. The monoisotopic (exact) mass is 380 g/mol. The molecule has 0 bridgehead atoms. The Morgan fingerprint density at radius 3 is 2.48 bits per heavy atom. The third kappa shape index (κ3) is 3.41. The van der Waals surface area contributed by atoms with E-state index in [2.05, 4.69) is 0 Å². The highest BCUT2D eigenvalue weighted by Crippen LogP contribution is 2.48. The summed E-state index contributed by atoms with van der Waals surface area (Å²) in [6.07, 6.45) is 0.767. The van der Waals surface area contributed by atoms with Gasteiger partial charge in [0.1, 0.15) is 6.04 Å². The Balaban J connectivity index is 2.14. The van der Waals surface area contributed by atoms with Gasteiger partial charge in [0, 0.05) is 6.42 Å². The van der Waals surface area contributed by atoms with Gasteiger partial charge < -0.3 is 28.6 Å². The fourth-order valence-corrected chi connectivity index (χ4v) is 3.85. The molecule has 2 aliphatic rings. The van der Waals surface area contributed by atoms with E-state index >= 15 is 0 Å². The Bertz CT molecular complexity index is 715. The number of methoxy groups -OCH3 is 1. The van der Waals surface area contributed by atoms with Crippen LogP contribution in [0.2, 0.25) is 0 Å². The molecular formula is C19H26NO7+. The first-order chi connectivity index (χ1) is 13.0. The zero-order chi connectivity index (χ0) is 19.6. The molecule has 0 saturated carbocycles. The first kappa shape index (κ1) is 19.3. The quantitative estimate of drug-likeness (QED) is 0.560. The number of benzene rings is 1. The van der Waals surface area contributed by atoms with Crippen LogP contribution in [0, 0.1) is 5.92 Å². The average molecular weight is 380 g/mol. The van der Waals surface area contributed by atoms with Gasteiger partial charge in [0.2, 0.25) is 18.5 Å². The van der Waals surface area contributed by atoms with Gasteiger partial charge in [0.25, 0.3) is 0 Å². The number of fused-ring (bicyclic) bond motifs is 2. The maximum atomic E-state index is 12.7. The van der Waals surface area contributed by atoms with E-state index in [-0.39, 0.29) is 20.0 Å². The SMILES string of the molecule is CCOC(=O)C(C(=O)OCC)[C@H]1c2c(cc3c(c2OC)OCO3)CC[NH+]1C. The smallest absolute Gasteiger partial charge is 0.326 e. The normalized spacial score (nSPS) is 20.2. The van der Waals surface area contributed by atoms with Crippen molar-refractivity contribution in [1.29, 1.82) is 0 Å². The van der Waals surface area contributed by atoms with Gasteiger partial charge in [-0.2, -0.15) is 0 Å². The molecule has 1 unspecified atom stereocenters. The lowest BCUT2D eigenvalue weighted by atomic mass is 9.83. The van der Waals surface area contributed by atoms with Crippen LogP contribution in [0.4, 0.5) is 0 Å². The van der Waals surface area contributed by atoms with E-state index in [1.807, 2.05) is 13.1 Å². The van der Waals surface area contributed by atoms with Crippen LogP contribution < -0.4 is 19.1 Å². The number of hydrogen-bond donors (Lipinski definition) is 1. The van der Waals surface area contributed by atoms with Crippen LogP contribution in [0.25, 0.3) is 0 Å². The first-order valence-corrected chi connectivity index (χ1v) is 9.18. The number of hydrogen-bond acceptors (Lipinski definition) is 7. The van der Waals surface area contributed by atoms with E-state index in [4.69, 9.17) is 23.7 Å². The van der Waals surface area contributed by atoms with Gasteiger partial charge in [-0.15, -0.1) is 0 Å². The minimum absolute atomic E-state index is 0.112. The third-order valence-corrected chi connectivity index (χ3v) is 4.99. The molecule has 2 aliphatic heterocycles. The third-order valence-electron chi connectivity index (χ3n) is 4.99. The molecule has 0 aromatic heterocycles. The molecule has 0 amide bonds. The van der Waals surface area contributed by atoms with Gasteiger partial charge in [0.15, 0.2) is 11.5 Å². The largest absolute Gasteiger partial charge is 0.492 e. The first-order valence-electron chi connectivity index (χ1n) is 9.18. The molecule has 1 aromatic carbocycles. The van der Waals surface area contributed by atoms with E-state index < -0.39 is 23.9 Å². The molecular weight excluding hydrogens is 354 g/mol. The number of rotatable bonds is 6. The number of nitrogens with one attached hydrogen (secondary N) is 1. The average Bonchev–Trinajstić information content (AvgIpc) is 3.10. The van der Waals surface area contributed by atoms with Gasteiger partial charge in [-0.05, 0) is 25.5 Å². The fraction of sp³-hybridized carbons (Fsp3) is 0.579. The lowest BCUT2D eigenvalue weighted by molar-refractivity contribution is -0.916. The lowest BCUT2D eigenvalue weighted by Gasteiger charge is -2.35. The number of carbonyl (C=O) groups excluding carboxylic acids is 2. The summed E-state index contributed by atoms with van der Waals surface area (Å²) < 4.78 is 27.1. The van der Waals surface area contributed by atoms with Crippen LogP contribution in [0.5, 0.6) is 17.2 Å². The molecule has 0 radical (unpaired) electrons. The van der Waals surface area contributed by atoms with Gasteiger partial charge in [-0.3, -0.25) is 9.59 Å². The number of ether oxygens (including phenoxy) is 5. The van der Waals surface area contributed by atoms with Crippen LogP contribution in [0.15, 0.2) is 6.07 Å². The lowest BCUT2D eigenvalue weighted by Crippen LogP contribution is -3.11. The highest BCUT2D eigenvalue weighted by atomic mass is 16.7. The van der Waals surface area contributed by atoms with Gasteiger partial charge >= 0.3 is 11.9 Å². The van der Waals surface area contributed by atoms with Crippen LogP contribution in [-0.2, 0) is 25.5 Å². The summed E-state index contributed by atoms with van der Waals surface area (Å²) in [5.41, 5.74) is 1.75. The summed E-state index contributed by atoms with van der Waals surface area (Å²) in [6, 6.07) is 1.41. The fourth-order valence-electron chi connectivity index (χ4n) is 3.85. The summed E-state index contributed by atoms with van der Waals surface area (Å²) in [4.78, 5) is 26.4. The van der Waals surface area contributed by atoms with E-state index in [0.717, 1.165) is 29.0 Å². The second-order valence-corrected chi connectivity index (χ2v) is 6.52. The van der Waals surface area contributed by atoms with Gasteiger partial charge in [-0.25, -0.2) is 0 Å². The van der Waals surface area contributed by atoms with Crippen LogP contribution in [0.1, 0.15) is 31.0 Å². The van der Waals surface area contributed by atoms with Gasteiger partial charge in [-0.1, -0.05) is 0 Å². The summed E-state index contributed by atoms with van der Waals surface area (Å²) in [5, 5.41) is 0. The van der Waals surface area contributed by atoms with Crippen molar-refractivity contribution in [3.05, 3.63) is 17.2 Å². The molecule has 1 aromatic rings. The van der Waals surface area contributed by atoms with Crippen LogP contribution in [-0.4, -0.2) is 52.6 Å². The number of carbonyl (C=O) groups is 2. The molecule has 0 saturated heterocycles. The van der Waals surface area contributed by atoms with E-state index in [1.165, 1.54) is 0 Å². The molecule has 3 rings (SSSR count). The summed E-state index contributed by atoms with van der Waals surface area (Å²) in [5.74, 6) is -0.642. The maximum absolute atomic E-state index is 12.7. The minimum Gasteiger partial charge on any atom is -0.492 e. The molecule has 27 heavy (non-hydrogen) atoms. The van der Waals surface area contributed by atoms with Crippen molar-refractivity contribution in [2.24, 2.45) is 5.92 Å². The highest BCUT2D eigenvalue weighted by molar-refractivity contribution is 5.96. The molecule has 0 fully saturated rings. The highest BCUT2D eigenvalue weighted by Gasteiger charge is 2.48. The zero-order valence-electron chi connectivity index (χ0n) is 16.1. The Kier molecular flexibility index (Phi) is 5.74. The molecule has 8 heteroatoms. The molecule has 0 aliphatic carbocycles. The Labute approximate surface area is 158 Å².